The monoisotopic (exact) mass is 713 g/mol. The van der Waals surface area contributed by atoms with Crippen molar-refractivity contribution in [3.63, 3.8) is 0 Å². The highest BCUT2D eigenvalue weighted by molar-refractivity contribution is 6.53. The zero-order valence-corrected chi connectivity index (χ0v) is 26.3. The van der Waals surface area contributed by atoms with E-state index in [1.165, 1.54) is 18.2 Å². The first-order chi connectivity index (χ1) is 20.4. The predicted molar refractivity (Wildman–Crippen MR) is 160 cm³/mol. The summed E-state index contributed by atoms with van der Waals surface area (Å²) in [7, 11) is 0. The third-order valence-corrected chi connectivity index (χ3v) is 9.24. The Morgan fingerprint density at radius 3 is 2.20 bits per heavy atom. The Morgan fingerprint density at radius 1 is 0.909 bits per heavy atom. The average molecular weight is 716 g/mol. The molecule has 1 amide bonds. The van der Waals surface area contributed by atoms with Crippen LogP contribution < -0.4 is 5.32 Å². The van der Waals surface area contributed by atoms with E-state index in [1.54, 1.807) is 18.2 Å². The number of nitrogens with one attached hydrogen (secondary N) is 1. The Hall–Kier alpha value is -2.43. The van der Waals surface area contributed by atoms with Crippen molar-refractivity contribution < 1.29 is 36.3 Å². The summed E-state index contributed by atoms with van der Waals surface area (Å²) in [5.74, 6) is -7.66. The lowest BCUT2D eigenvalue weighted by Crippen LogP contribution is -2.22. The van der Waals surface area contributed by atoms with Gasteiger partial charge in [0, 0.05) is 41.5 Å². The van der Waals surface area contributed by atoms with Crippen molar-refractivity contribution in [2.45, 2.75) is 42.6 Å². The zero-order chi connectivity index (χ0) is 32.7. The molecule has 14 heteroatoms. The van der Waals surface area contributed by atoms with Gasteiger partial charge in [0.15, 0.2) is 5.78 Å². The summed E-state index contributed by atoms with van der Waals surface area (Å²) in [6.07, 6.45) is -7.62. The van der Waals surface area contributed by atoms with Gasteiger partial charge in [-0.15, -0.1) is 23.2 Å². The van der Waals surface area contributed by atoms with E-state index in [0.29, 0.717) is 10.6 Å². The van der Waals surface area contributed by atoms with Crippen LogP contribution in [0.5, 0.6) is 0 Å². The van der Waals surface area contributed by atoms with Crippen LogP contribution in [0.4, 0.5) is 27.6 Å². The number of carbonyl (C=O) groups excluding carboxylic acids is 3. The van der Waals surface area contributed by atoms with Gasteiger partial charge in [-0.3, -0.25) is 14.4 Å². The van der Waals surface area contributed by atoms with E-state index in [1.807, 2.05) is 0 Å². The molecule has 0 bridgehead atoms. The highest BCUT2D eigenvalue weighted by Crippen LogP contribution is 2.65. The number of Topliss-reactive ketones (excluding diaryl/α,β-unsaturated/α-hetero) is 2. The normalized spacial score (nSPS) is 18.1. The van der Waals surface area contributed by atoms with Crippen molar-refractivity contribution in [1.82, 2.24) is 0 Å². The van der Waals surface area contributed by atoms with Gasteiger partial charge in [0.25, 0.3) is 0 Å². The number of benzene rings is 3. The lowest BCUT2D eigenvalue weighted by molar-refractivity contribution is -0.151. The fraction of sp³-hybridized carbons (Fsp3) is 0.300. The van der Waals surface area contributed by atoms with E-state index in [0.717, 1.165) is 19.1 Å². The predicted octanol–water partition coefficient (Wildman–Crippen LogP) is 9.58. The molecule has 4 nitrogen and oxygen atoms in total. The fourth-order valence-corrected chi connectivity index (χ4v) is 6.19. The number of ketones is 2. The van der Waals surface area contributed by atoms with Crippen molar-refractivity contribution in [3.05, 3.63) is 97.5 Å². The van der Waals surface area contributed by atoms with Crippen molar-refractivity contribution in [2.24, 2.45) is 11.8 Å². The first kappa shape index (κ1) is 34.4. The molecule has 3 aromatic rings. The van der Waals surface area contributed by atoms with Gasteiger partial charge in [0.05, 0.1) is 27.4 Å². The molecule has 44 heavy (non-hydrogen) atoms. The van der Waals surface area contributed by atoms with Gasteiger partial charge in [-0.2, -0.15) is 13.2 Å². The van der Waals surface area contributed by atoms with Crippen molar-refractivity contribution >= 4 is 81.2 Å². The van der Waals surface area contributed by atoms with Gasteiger partial charge < -0.3 is 5.32 Å². The minimum atomic E-state index is -4.63. The topological polar surface area (TPSA) is 63.2 Å². The number of rotatable bonds is 10. The molecule has 3 aromatic carbocycles. The van der Waals surface area contributed by atoms with Gasteiger partial charge in [-0.1, -0.05) is 53.9 Å². The summed E-state index contributed by atoms with van der Waals surface area (Å²) in [5.41, 5.74) is -0.410. The fourth-order valence-electron chi connectivity index (χ4n) is 4.83. The molecule has 234 valence electrons. The van der Waals surface area contributed by atoms with Crippen LogP contribution >= 0.6 is 58.0 Å². The molecular weight excluding hydrogens is 695 g/mol. The Labute approximate surface area is 273 Å². The summed E-state index contributed by atoms with van der Waals surface area (Å²) in [4.78, 5) is 38.5. The summed E-state index contributed by atoms with van der Waals surface area (Å²) < 4.78 is 66.1. The van der Waals surface area contributed by atoms with Crippen LogP contribution in [-0.4, -0.2) is 28.0 Å². The van der Waals surface area contributed by atoms with Crippen molar-refractivity contribution in [3.8, 4) is 0 Å². The van der Waals surface area contributed by atoms with Crippen molar-refractivity contribution in [2.75, 3.05) is 5.32 Å². The Kier molecular flexibility index (Phi) is 10.3. The number of hydrogen-bond donors (Lipinski definition) is 1. The summed E-state index contributed by atoms with van der Waals surface area (Å²) in [5, 5.41) is 3.17. The summed E-state index contributed by atoms with van der Waals surface area (Å²) in [6.45, 7) is 1.02. The number of amides is 1. The van der Waals surface area contributed by atoms with Crippen LogP contribution in [0.2, 0.25) is 15.1 Å². The van der Waals surface area contributed by atoms with Gasteiger partial charge in [0.1, 0.15) is 21.8 Å². The molecule has 1 unspecified atom stereocenters. The zero-order valence-electron chi connectivity index (χ0n) is 22.5. The highest BCUT2D eigenvalue weighted by Gasteiger charge is 2.67. The van der Waals surface area contributed by atoms with E-state index in [4.69, 9.17) is 58.0 Å². The van der Waals surface area contributed by atoms with Crippen LogP contribution in [0.3, 0.4) is 0 Å². The van der Waals surface area contributed by atoms with Crippen LogP contribution in [-0.2, 0) is 22.4 Å². The van der Waals surface area contributed by atoms with Gasteiger partial charge >= 0.3 is 6.18 Å². The second-order valence-corrected chi connectivity index (χ2v) is 13.1. The van der Waals surface area contributed by atoms with E-state index >= 15 is 4.39 Å². The lowest BCUT2D eigenvalue weighted by atomic mass is 9.93. The molecule has 0 aliphatic heterocycles. The van der Waals surface area contributed by atoms with E-state index in [2.05, 4.69) is 5.32 Å². The number of halogens is 10. The molecule has 4 rings (SSSR count). The average Bonchev–Trinajstić information content (AvgIpc) is 3.51. The first-order valence-electron chi connectivity index (χ1n) is 12.9. The molecule has 1 fully saturated rings. The Morgan fingerprint density at radius 2 is 1.57 bits per heavy atom. The van der Waals surface area contributed by atoms with Crippen molar-refractivity contribution in [1.29, 1.82) is 0 Å². The molecule has 0 heterocycles. The maximum atomic E-state index is 15.2. The number of alkyl halides is 5. The van der Waals surface area contributed by atoms with Crippen LogP contribution in [0.1, 0.15) is 46.3 Å². The van der Waals surface area contributed by atoms with Gasteiger partial charge in [-0.25, -0.2) is 8.78 Å². The quantitative estimate of drug-likeness (QED) is 0.129. The Bertz CT molecular complexity index is 1650. The van der Waals surface area contributed by atoms with E-state index < -0.39 is 82.2 Å². The summed E-state index contributed by atoms with van der Waals surface area (Å²) in [6, 6.07) is 10.6. The number of anilines is 1. The molecular formula is C30H21Cl5F5NO3. The minimum absolute atomic E-state index is 0.0315. The molecule has 3 atom stereocenters. The van der Waals surface area contributed by atoms with E-state index in [-0.39, 0.29) is 26.9 Å². The molecule has 1 N–H and O–H groups in total. The largest absolute Gasteiger partial charge is 0.389 e. The molecule has 0 aromatic heterocycles. The molecule has 1 aliphatic carbocycles. The first-order valence-corrected chi connectivity index (χ1v) is 14.8. The maximum absolute atomic E-state index is 15.2. The summed E-state index contributed by atoms with van der Waals surface area (Å²) >= 11 is 31.0. The van der Waals surface area contributed by atoms with Gasteiger partial charge in [-0.05, 0) is 47.5 Å². The van der Waals surface area contributed by atoms with Crippen LogP contribution in [0, 0.1) is 23.5 Å². The third kappa shape index (κ3) is 7.68. The smallest absolute Gasteiger partial charge is 0.326 e. The highest BCUT2D eigenvalue weighted by atomic mass is 35.5. The van der Waals surface area contributed by atoms with Crippen LogP contribution in [0.15, 0.2) is 48.5 Å². The molecule has 1 saturated carbocycles. The SMILES string of the molecule is CC(CC(F)(F)F)C(=O)Cc1c(F)ccc(CC(=O)c2cc(NC(=O)[C@H]3[C@H](c4ccc(Cl)c(Cl)c4)C3(Cl)Cl)ccc2Cl)c1F. The minimum Gasteiger partial charge on any atom is -0.326 e. The van der Waals surface area contributed by atoms with E-state index in [9.17, 15) is 31.9 Å². The maximum Gasteiger partial charge on any atom is 0.389 e. The number of carbonyl (C=O) groups is 3. The Balaban J connectivity index is 1.49. The number of hydrogen-bond acceptors (Lipinski definition) is 3. The standard InChI is InChI=1S/C30H21Cl5F5NO3/c1-13(12-29(38,39)40)23(42)11-18-22(36)7-3-15(27(18)37)9-24(43)17-10-16(4-6-19(17)31)41-28(44)26-25(30(26,34)35)14-2-5-20(32)21(33)8-14/h2-8,10,13,25-26H,9,11-12H2,1H3,(H,41,44)/t13?,25-,26+/m0/s1. The molecule has 0 spiro atoms. The molecule has 0 saturated heterocycles. The van der Waals surface area contributed by atoms with Crippen LogP contribution in [0.25, 0.3) is 0 Å². The molecule has 1 aliphatic rings. The molecule has 0 radical (unpaired) electrons. The lowest BCUT2D eigenvalue weighted by Gasteiger charge is -2.15. The van der Waals surface area contributed by atoms with Gasteiger partial charge in [0.2, 0.25) is 5.91 Å². The second-order valence-electron chi connectivity index (χ2n) is 10.4. The second kappa shape index (κ2) is 13.1. The third-order valence-electron chi connectivity index (χ3n) is 7.23.